The van der Waals surface area contributed by atoms with Gasteiger partial charge in [0.05, 0.1) is 21.1 Å². The molecule has 0 aliphatic carbocycles. The second-order valence-electron chi connectivity index (χ2n) is 7.19. The maximum absolute atomic E-state index is 6.32. The molecule has 28 heavy (non-hydrogen) atoms. The summed E-state index contributed by atoms with van der Waals surface area (Å²) in [5, 5.41) is 8.55. The zero-order chi connectivity index (χ0) is 19.5. The predicted molar refractivity (Wildman–Crippen MR) is 112 cm³/mol. The molecule has 2 aromatic heterocycles. The molecule has 0 amide bonds. The Bertz CT molecular complexity index is 928. The molecule has 3 N–H and O–H groups in total. The van der Waals surface area contributed by atoms with Crippen LogP contribution in [0.5, 0.6) is 5.75 Å². The maximum Gasteiger partial charge on any atom is 0.185 e. The predicted octanol–water partition coefficient (Wildman–Crippen LogP) is 2.88. The second-order valence-corrected chi connectivity index (χ2v) is 8.27. The summed E-state index contributed by atoms with van der Waals surface area (Å²) in [5.74, 6) is 2.22. The van der Waals surface area contributed by atoms with Crippen molar-refractivity contribution in [3.63, 3.8) is 0 Å². The Hall–Kier alpha value is -2.29. The van der Waals surface area contributed by atoms with Crippen LogP contribution >= 0.6 is 11.3 Å². The molecule has 1 aliphatic rings. The summed E-state index contributed by atoms with van der Waals surface area (Å²) in [5.41, 5.74) is 7.52. The molecule has 148 valence electrons. The average Bonchev–Trinajstić information content (AvgIpc) is 3.31. The molecule has 4 rings (SSSR count). The summed E-state index contributed by atoms with van der Waals surface area (Å²) in [6.45, 7) is 4.71. The van der Waals surface area contributed by atoms with E-state index in [0.717, 1.165) is 65.1 Å². The van der Waals surface area contributed by atoms with E-state index < -0.39 is 0 Å². The number of likely N-dealkylation sites (tertiary alicyclic amines) is 1. The molecule has 3 heterocycles. The van der Waals surface area contributed by atoms with Gasteiger partial charge in [0.25, 0.3) is 0 Å². The number of hydrogen-bond acceptors (Lipinski definition) is 7. The van der Waals surface area contributed by atoms with E-state index in [4.69, 9.17) is 15.5 Å². The van der Waals surface area contributed by atoms with Gasteiger partial charge in [-0.25, -0.2) is 9.97 Å². The van der Waals surface area contributed by atoms with Crippen LogP contribution in [0, 0.1) is 6.92 Å². The Morgan fingerprint density at radius 3 is 2.82 bits per heavy atom. The number of para-hydroxylation sites is 1. The quantitative estimate of drug-likeness (QED) is 0.663. The number of nitrogens with zero attached hydrogens (tertiary/aromatic N) is 4. The zero-order valence-corrected chi connectivity index (χ0v) is 17.1. The molecule has 0 atom stereocenters. The Kier molecular flexibility index (Phi) is 5.70. The number of ether oxygens (including phenoxy) is 1. The van der Waals surface area contributed by atoms with E-state index in [0.29, 0.717) is 12.4 Å². The van der Waals surface area contributed by atoms with E-state index in [-0.39, 0.29) is 6.10 Å². The fraction of sp³-hybridized carbons (Fsp3) is 0.450. The number of H-pyrrole nitrogens is 1. The third-order valence-electron chi connectivity index (χ3n) is 4.99. The number of thiazole rings is 1. The van der Waals surface area contributed by atoms with Gasteiger partial charge in [-0.1, -0.05) is 12.1 Å². The first-order valence-corrected chi connectivity index (χ1v) is 10.5. The van der Waals surface area contributed by atoms with Crippen molar-refractivity contribution in [1.82, 2.24) is 25.1 Å². The van der Waals surface area contributed by atoms with Gasteiger partial charge < -0.3 is 15.4 Å². The van der Waals surface area contributed by atoms with E-state index in [9.17, 15) is 0 Å². The van der Waals surface area contributed by atoms with Crippen molar-refractivity contribution in [2.75, 3.05) is 26.7 Å². The van der Waals surface area contributed by atoms with Crippen LogP contribution in [0.3, 0.4) is 0 Å². The highest BCUT2D eigenvalue weighted by Gasteiger charge is 2.21. The summed E-state index contributed by atoms with van der Waals surface area (Å²) in [6, 6.07) is 8.00. The topological polar surface area (TPSA) is 92.9 Å². The van der Waals surface area contributed by atoms with Crippen molar-refractivity contribution in [3.05, 3.63) is 35.0 Å². The summed E-state index contributed by atoms with van der Waals surface area (Å²) in [6.07, 6.45) is 3.08. The largest absolute Gasteiger partial charge is 0.490 e. The van der Waals surface area contributed by atoms with E-state index in [1.54, 1.807) is 11.3 Å². The van der Waals surface area contributed by atoms with Crippen molar-refractivity contribution in [1.29, 1.82) is 0 Å². The molecule has 1 saturated heterocycles. The number of rotatable bonds is 6. The fourth-order valence-corrected chi connectivity index (χ4v) is 4.44. The highest BCUT2D eigenvalue weighted by molar-refractivity contribution is 7.15. The molecule has 0 spiro atoms. The summed E-state index contributed by atoms with van der Waals surface area (Å²) in [4.78, 5) is 12.7. The van der Waals surface area contributed by atoms with Gasteiger partial charge in [-0.2, -0.15) is 5.10 Å². The smallest absolute Gasteiger partial charge is 0.185 e. The van der Waals surface area contributed by atoms with Gasteiger partial charge in [0.2, 0.25) is 0 Å². The van der Waals surface area contributed by atoms with Crippen LogP contribution in [0.15, 0.2) is 24.3 Å². The lowest BCUT2D eigenvalue weighted by atomic mass is 10.1. The van der Waals surface area contributed by atoms with Gasteiger partial charge >= 0.3 is 0 Å². The van der Waals surface area contributed by atoms with Gasteiger partial charge in [-0.15, -0.1) is 11.3 Å². The number of aromatic nitrogens is 4. The van der Waals surface area contributed by atoms with E-state index in [2.05, 4.69) is 27.1 Å². The normalized spacial score (nSPS) is 15.8. The standard InChI is InChI=1S/C20H26N6OS/c1-13-18(28-17(22-13)7-10-21)20-23-19(24-25-20)15-5-3-4-6-16(15)27-14-8-11-26(2)12-9-14/h3-6,14H,7-12,21H2,1-2H3,(H,23,24,25). The van der Waals surface area contributed by atoms with Crippen molar-refractivity contribution in [2.24, 2.45) is 5.73 Å². The Morgan fingerprint density at radius 2 is 2.04 bits per heavy atom. The van der Waals surface area contributed by atoms with Crippen LogP contribution in [0.2, 0.25) is 0 Å². The lowest BCUT2D eigenvalue weighted by Crippen LogP contribution is -2.35. The Balaban J connectivity index is 1.57. The third kappa shape index (κ3) is 4.09. The first-order chi connectivity index (χ1) is 13.6. The minimum Gasteiger partial charge on any atom is -0.490 e. The molecule has 1 aliphatic heterocycles. The molecule has 3 aromatic rings. The molecule has 0 unspecified atom stereocenters. The molecular formula is C20H26N6OS. The van der Waals surface area contributed by atoms with Crippen molar-refractivity contribution in [2.45, 2.75) is 32.3 Å². The van der Waals surface area contributed by atoms with E-state index >= 15 is 0 Å². The number of nitrogens with two attached hydrogens (primary N) is 1. The number of nitrogens with one attached hydrogen (secondary N) is 1. The molecule has 0 radical (unpaired) electrons. The Labute approximate surface area is 169 Å². The summed E-state index contributed by atoms with van der Waals surface area (Å²) >= 11 is 1.62. The van der Waals surface area contributed by atoms with Crippen molar-refractivity contribution in [3.8, 4) is 27.8 Å². The maximum atomic E-state index is 6.32. The molecule has 7 nitrogen and oxygen atoms in total. The van der Waals surface area contributed by atoms with Gasteiger partial charge in [0.1, 0.15) is 11.9 Å². The fourth-order valence-electron chi connectivity index (χ4n) is 3.42. The van der Waals surface area contributed by atoms with Crippen molar-refractivity contribution >= 4 is 11.3 Å². The number of benzene rings is 1. The van der Waals surface area contributed by atoms with Crippen molar-refractivity contribution < 1.29 is 4.74 Å². The highest BCUT2D eigenvalue weighted by Crippen LogP contribution is 2.33. The molecule has 1 fully saturated rings. The van der Waals surface area contributed by atoms with Crippen LogP contribution in [0.4, 0.5) is 0 Å². The van der Waals surface area contributed by atoms with Crippen LogP contribution < -0.4 is 10.5 Å². The van der Waals surface area contributed by atoms with Crippen LogP contribution in [0.25, 0.3) is 22.1 Å². The molecule has 8 heteroatoms. The Morgan fingerprint density at radius 1 is 1.25 bits per heavy atom. The van der Waals surface area contributed by atoms with Gasteiger partial charge in [-0.3, -0.25) is 5.10 Å². The van der Waals surface area contributed by atoms with E-state index in [1.165, 1.54) is 0 Å². The SMILES string of the molecule is Cc1nc(CCN)sc1-c1nc(-c2ccccc2OC2CCN(C)CC2)n[nH]1. The van der Waals surface area contributed by atoms with Gasteiger partial charge in [0.15, 0.2) is 11.6 Å². The molecular weight excluding hydrogens is 372 g/mol. The summed E-state index contributed by atoms with van der Waals surface area (Å²) in [7, 11) is 2.15. The monoisotopic (exact) mass is 398 g/mol. The lowest BCUT2D eigenvalue weighted by molar-refractivity contribution is 0.115. The number of hydrogen-bond donors (Lipinski definition) is 2. The van der Waals surface area contributed by atoms with Crippen LogP contribution in [0.1, 0.15) is 23.5 Å². The molecule has 0 bridgehead atoms. The number of aromatic amines is 1. The second kappa shape index (κ2) is 8.38. The van der Waals surface area contributed by atoms with Crippen LogP contribution in [-0.2, 0) is 6.42 Å². The number of piperidine rings is 1. The van der Waals surface area contributed by atoms with E-state index in [1.807, 2.05) is 31.2 Å². The average molecular weight is 399 g/mol. The first-order valence-electron chi connectivity index (χ1n) is 9.68. The minimum absolute atomic E-state index is 0.235. The summed E-state index contributed by atoms with van der Waals surface area (Å²) < 4.78 is 6.32. The molecule has 0 saturated carbocycles. The highest BCUT2D eigenvalue weighted by atomic mass is 32.1. The van der Waals surface area contributed by atoms with Gasteiger partial charge in [-0.05, 0) is 45.5 Å². The van der Waals surface area contributed by atoms with Gasteiger partial charge in [0, 0.05) is 19.5 Å². The lowest BCUT2D eigenvalue weighted by Gasteiger charge is -2.29. The number of aryl methyl sites for hydroxylation is 1. The first kappa shape index (κ1) is 19.0. The van der Waals surface area contributed by atoms with Crippen LogP contribution in [-0.4, -0.2) is 57.9 Å². The molecule has 1 aromatic carbocycles. The minimum atomic E-state index is 0.235. The zero-order valence-electron chi connectivity index (χ0n) is 16.3. The third-order valence-corrected chi connectivity index (χ3v) is 6.21.